The maximum absolute atomic E-state index is 12.7. The summed E-state index contributed by atoms with van der Waals surface area (Å²) in [6, 6.07) is 5.84. The molecule has 0 aliphatic rings. The van der Waals surface area contributed by atoms with Crippen molar-refractivity contribution in [2.45, 2.75) is 6.18 Å². The highest BCUT2D eigenvalue weighted by Crippen LogP contribution is 2.33. The van der Waals surface area contributed by atoms with Crippen LogP contribution < -0.4 is 0 Å². The molecule has 0 saturated heterocycles. The van der Waals surface area contributed by atoms with Crippen LogP contribution in [0, 0.1) is 0 Å². The molecule has 19 heavy (non-hydrogen) atoms. The molecule has 2 rings (SSSR count). The second-order valence-corrected chi connectivity index (χ2v) is 4.59. The second-order valence-electron chi connectivity index (χ2n) is 3.73. The van der Waals surface area contributed by atoms with E-state index in [2.05, 4.69) is 15.9 Å². The van der Waals surface area contributed by atoms with Crippen LogP contribution >= 0.6 is 15.9 Å². The van der Waals surface area contributed by atoms with Crippen LogP contribution in [-0.4, -0.2) is 15.6 Å². The molecule has 1 aromatic carbocycles. The first-order valence-corrected chi connectivity index (χ1v) is 5.88. The number of halogens is 4. The van der Waals surface area contributed by atoms with E-state index in [0.717, 1.165) is 12.1 Å². The summed E-state index contributed by atoms with van der Waals surface area (Å²) in [6.07, 6.45) is -3.09. The van der Waals surface area contributed by atoms with Gasteiger partial charge in [0.1, 0.15) is 5.69 Å². The molecule has 1 aromatic heterocycles. The molecule has 0 unspecified atom stereocenters. The average molecular weight is 334 g/mol. The topological polar surface area (TPSA) is 42.2 Å². The molecule has 1 N–H and O–H groups in total. The minimum atomic E-state index is -4.48. The Morgan fingerprint density at radius 3 is 2.53 bits per heavy atom. The van der Waals surface area contributed by atoms with Gasteiger partial charge in [-0.2, -0.15) is 13.2 Å². The van der Waals surface area contributed by atoms with E-state index in [1.165, 1.54) is 29.0 Å². The van der Waals surface area contributed by atoms with E-state index >= 15 is 0 Å². The Kier molecular flexibility index (Phi) is 3.40. The monoisotopic (exact) mass is 333 g/mol. The summed E-state index contributed by atoms with van der Waals surface area (Å²) in [6.45, 7) is 0. The smallest absolute Gasteiger partial charge is 0.416 e. The molecule has 2 aromatic rings. The van der Waals surface area contributed by atoms with Crippen molar-refractivity contribution in [3.05, 3.63) is 52.3 Å². The van der Waals surface area contributed by atoms with Crippen molar-refractivity contribution in [3.63, 3.8) is 0 Å². The quantitative estimate of drug-likeness (QED) is 0.903. The summed E-state index contributed by atoms with van der Waals surface area (Å²) in [4.78, 5) is 11.0. The van der Waals surface area contributed by atoms with Gasteiger partial charge in [0.15, 0.2) is 0 Å². The molecule has 0 aliphatic heterocycles. The molecule has 0 bridgehead atoms. The minimum absolute atomic E-state index is 0.111. The highest BCUT2D eigenvalue weighted by molar-refractivity contribution is 9.10. The van der Waals surface area contributed by atoms with Crippen LogP contribution in [0.2, 0.25) is 0 Å². The third-order valence-electron chi connectivity index (χ3n) is 2.50. The zero-order valence-corrected chi connectivity index (χ0v) is 10.9. The van der Waals surface area contributed by atoms with Crippen molar-refractivity contribution in [2.75, 3.05) is 0 Å². The third-order valence-corrected chi connectivity index (χ3v) is 3.17. The van der Waals surface area contributed by atoms with Crippen molar-refractivity contribution in [1.29, 1.82) is 0 Å². The normalized spacial score (nSPS) is 11.6. The lowest BCUT2D eigenvalue weighted by atomic mass is 10.2. The third kappa shape index (κ3) is 2.65. The predicted octanol–water partition coefficient (Wildman–Crippen LogP) is 3.96. The Balaban J connectivity index is 2.62. The summed E-state index contributed by atoms with van der Waals surface area (Å²) in [5.41, 5.74) is -0.826. The van der Waals surface area contributed by atoms with Gasteiger partial charge in [-0.3, -0.25) is 0 Å². The van der Waals surface area contributed by atoms with Gasteiger partial charge in [0.25, 0.3) is 0 Å². The summed E-state index contributed by atoms with van der Waals surface area (Å²) in [5.74, 6) is -1.21. The van der Waals surface area contributed by atoms with Crippen molar-refractivity contribution in [3.8, 4) is 5.69 Å². The minimum Gasteiger partial charge on any atom is -0.477 e. The first kappa shape index (κ1) is 13.7. The molecule has 0 saturated carbocycles. The van der Waals surface area contributed by atoms with Crippen molar-refractivity contribution in [1.82, 2.24) is 4.57 Å². The maximum Gasteiger partial charge on any atom is 0.416 e. The molecular formula is C12H7BrF3NO2. The average Bonchev–Trinajstić information content (AvgIpc) is 2.76. The Morgan fingerprint density at radius 1 is 1.26 bits per heavy atom. The van der Waals surface area contributed by atoms with E-state index in [0.29, 0.717) is 4.47 Å². The van der Waals surface area contributed by atoms with Crippen molar-refractivity contribution >= 4 is 21.9 Å². The molecule has 0 radical (unpaired) electrons. The van der Waals surface area contributed by atoms with E-state index < -0.39 is 17.7 Å². The lowest BCUT2D eigenvalue weighted by Crippen LogP contribution is -2.09. The zero-order valence-electron chi connectivity index (χ0n) is 9.28. The molecule has 3 nitrogen and oxygen atoms in total. The van der Waals surface area contributed by atoms with Gasteiger partial charge >= 0.3 is 12.1 Å². The van der Waals surface area contributed by atoms with Gasteiger partial charge in [0, 0.05) is 10.7 Å². The van der Waals surface area contributed by atoms with Crippen LogP contribution in [0.1, 0.15) is 16.1 Å². The first-order chi connectivity index (χ1) is 8.80. The molecule has 0 spiro atoms. The number of aromatic carboxylic acids is 1. The Hall–Kier alpha value is -1.76. The van der Waals surface area contributed by atoms with Gasteiger partial charge in [0.05, 0.1) is 11.3 Å². The standard InChI is InChI=1S/C12H7BrF3NO2/c13-8-4-3-7(12(14,15)16)6-10(8)17-5-1-2-9(17)11(18)19/h1-6H,(H,18,19). The number of aromatic nitrogens is 1. The largest absolute Gasteiger partial charge is 0.477 e. The fourth-order valence-electron chi connectivity index (χ4n) is 1.64. The van der Waals surface area contributed by atoms with Crippen LogP contribution in [-0.2, 0) is 6.18 Å². The number of rotatable bonds is 2. The van der Waals surface area contributed by atoms with Gasteiger partial charge in [0.2, 0.25) is 0 Å². The van der Waals surface area contributed by atoms with Crippen LogP contribution in [0.3, 0.4) is 0 Å². The number of hydrogen-bond acceptors (Lipinski definition) is 1. The first-order valence-electron chi connectivity index (χ1n) is 5.08. The Bertz CT molecular complexity index is 634. The van der Waals surface area contributed by atoms with E-state index in [9.17, 15) is 18.0 Å². The van der Waals surface area contributed by atoms with E-state index in [4.69, 9.17) is 5.11 Å². The van der Waals surface area contributed by atoms with Gasteiger partial charge in [-0.25, -0.2) is 4.79 Å². The van der Waals surface area contributed by atoms with E-state index in [1.54, 1.807) is 0 Å². The summed E-state index contributed by atoms with van der Waals surface area (Å²) in [5, 5.41) is 8.98. The molecule has 0 atom stereocenters. The fraction of sp³-hybridized carbons (Fsp3) is 0.0833. The number of carbonyl (C=O) groups is 1. The maximum atomic E-state index is 12.7. The molecule has 0 aliphatic carbocycles. The summed E-state index contributed by atoms with van der Waals surface area (Å²) < 4.78 is 39.5. The Labute approximate surface area is 114 Å². The van der Waals surface area contributed by atoms with Crippen LogP contribution in [0.25, 0.3) is 5.69 Å². The van der Waals surface area contributed by atoms with Gasteiger partial charge < -0.3 is 9.67 Å². The lowest BCUT2D eigenvalue weighted by Gasteiger charge is -2.12. The van der Waals surface area contributed by atoms with Gasteiger partial charge in [-0.15, -0.1) is 0 Å². The fourth-order valence-corrected chi connectivity index (χ4v) is 2.08. The van der Waals surface area contributed by atoms with E-state index in [1.807, 2.05) is 0 Å². The number of benzene rings is 1. The zero-order chi connectivity index (χ0) is 14.2. The number of carboxylic acid groups (broad SMARTS) is 1. The molecule has 1 heterocycles. The predicted molar refractivity (Wildman–Crippen MR) is 65.4 cm³/mol. The molecule has 0 fully saturated rings. The van der Waals surface area contributed by atoms with Crippen molar-refractivity contribution < 1.29 is 23.1 Å². The molecule has 0 amide bonds. The summed E-state index contributed by atoms with van der Waals surface area (Å²) >= 11 is 3.12. The summed E-state index contributed by atoms with van der Waals surface area (Å²) in [7, 11) is 0. The lowest BCUT2D eigenvalue weighted by molar-refractivity contribution is -0.137. The SMILES string of the molecule is O=C(O)c1cccn1-c1cc(C(F)(F)F)ccc1Br. The molecule has 7 heteroatoms. The van der Waals surface area contributed by atoms with Crippen LogP contribution in [0.15, 0.2) is 41.0 Å². The second kappa shape index (κ2) is 4.73. The Morgan fingerprint density at radius 2 is 1.95 bits per heavy atom. The van der Waals surface area contributed by atoms with Gasteiger partial charge in [-0.1, -0.05) is 0 Å². The number of nitrogens with zero attached hydrogens (tertiary/aromatic N) is 1. The molecule has 100 valence electrons. The highest BCUT2D eigenvalue weighted by atomic mass is 79.9. The number of alkyl halides is 3. The number of hydrogen-bond donors (Lipinski definition) is 1. The highest BCUT2D eigenvalue weighted by Gasteiger charge is 2.31. The van der Waals surface area contributed by atoms with Crippen LogP contribution in [0.4, 0.5) is 13.2 Å². The van der Waals surface area contributed by atoms with Crippen LogP contribution in [0.5, 0.6) is 0 Å². The van der Waals surface area contributed by atoms with E-state index in [-0.39, 0.29) is 11.4 Å². The van der Waals surface area contributed by atoms with Crippen molar-refractivity contribution in [2.24, 2.45) is 0 Å². The van der Waals surface area contributed by atoms with Gasteiger partial charge in [-0.05, 0) is 46.3 Å². The number of carboxylic acids is 1. The molecular weight excluding hydrogens is 327 g/mol.